The Morgan fingerprint density at radius 1 is 1.10 bits per heavy atom. The number of hydrogen-bond acceptors (Lipinski definition) is 5. The van der Waals surface area contributed by atoms with E-state index in [0.717, 1.165) is 60.7 Å². The van der Waals surface area contributed by atoms with Crippen LogP contribution in [0.1, 0.15) is 45.7 Å². The molecule has 0 amide bonds. The number of carboxylic acids is 1. The molecule has 3 aromatic carbocycles. The summed E-state index contributed by atoms with van der Waals surface area (Å²) in [5.74, 6) is 0.228. The van der Waals surface area contributed by atoms with Gasteiger partial charge >= 0.3 is 5.97 Å². The molecule has 41 heavy (non-hydrogen) atoms. The van der Waals surface area contributed by atoms with E-state index in [-0.39, 0.29) is 6.42 Å². The molecule has 0 bridgehead atoms. The topological polar surface area (TPSA) is 77.2 Å². The normalized spacial score (nSPS) is 11.9. The van der Waals surface area contributed by atoms with E-state index in [4.69, 9.17) is 21.3 Å². The van der Waals surface area contributed by atoms with Crippen molar-refractivity contribution < 1.29 is 14.6 Å². The number of halogens is 1. The summed E-state index contributed by atoms with van der Waals surface area (Å²) in [5, 5.41) is 15.8. The number of nitrogens with zero attached hydrogens (tertiary/aromatic N) is 3. The summed E-state index contributed by atoms with van der Waals surface area (Å²) < 4.78 is 9.24. The number of carbonyl (C=O) groups is 1. The average Bonchev–Trinajstić information content (AvgIpc) is 3.51. The van der Waals surface area contributed by atoms with Crippen molar-refractivity contribution >= 4 is 39.1 Å². The van der Waals surface area contributed by atoms with Crippen molar-refractivity contribution in [3.63, 3.8) is 0 Å². The van der Waals surface area contributed by atoms with Crippen molar-refractivity contribution in [3.8, 4) is 38.6 Å². The van der Waals surface area contributed by atoms with Crippen molar-refractivity contribution in [1.82, 2.24) is 14.8 Å². The van der Waals surface area contributed by atoms with E-state index in [1.807, 2.05) is 62.8 Å². The molecule has 0 radical (unpaired) electrons. The second-order valence-corrected chi connectivity index (χ2v) is 13.2. The summed E-state index contributed by atoms with van der Waals surface area (Å²) in [6.07, 6.45) is 3.86. The maximum Gasteiger partial charge on any atom is 0.307 e. The maximum absolute atomic E-state index is 12.0. The van der Waals surface area contributed by atoms with Crippen LogP contribution < -0.4 is 4.74 Å². The van der Waals surface area contributed by atoms with Gasteiger partial charge in [-0.1, -0.05) is 43.6 Å². The third-order valence-corrected chi connectivity index (χ3v) is 7.97. The van der Waals surface area contributed by atoms with Gasteiger partial charge in [0.1, 0.15) is 16.4 Å². The van der Waals surface area contributed by atoms with Crippen LogP contribution in [0.15, 0.2) is 60.9 Å². The molecule has 1 N–H and O–H groups in total. The number of carboxylic acid groups (broad SMARTS) is 1. The Balaban J connectivity index is 1.68. The Morgan fingerprint density at radius 2 is 1.85 bits per heavy atom. The van der Waals surface area contributed by atoms with E-state index < -0.39 is 11.6 Å². The number of aliphatic carboxylic acids is 1. The van der Waals surface area contributed by atoms with Gasteiger partial charge in [0.15, 0.2) is 0 Å². The highest BCUT2D eigenvalue weighted by molar-refractivity contribution is 7.22. The van der Waals surface area contributed by atoms with Gasteiger partial charge in [-0.25, -0.2) is 4.98 Å². The predicted octanol–water partition coefficient (Wildman–Crippen LogP) is 8.92. The van der Waals surface area contributed by atoms with Crippen molar-refractivity contribution in [2.45, 2.75) is 60.1 Å². The van der Waals surface area contributed by atoms with Crippen LogP contribution in [-0.2, 0) is 17.8 Å². The van der Waals surface area contributed by atoms with Crippen LogP contribution >= 0.6 is 22.9 Å². The lowest BCUT2D eigenvalue weighted by Crippen LogP contribution is -2.23. The highest BCUT2D eigenvalue weighted by Crippen LogP contribution is 2.45. The van der Waals surface area contributed by atoms with Gasteiger partial charge in [-0.2, -0.15) is 5.10 Å². The Hall–Kier alpha value is -3.68. The number of aromatic nitrogens is 3. The molecule has 0 aliphatic rings. The van der Waals surface area contributed by atoms with E-state index in [1.54, 1.807) is 17.4 Å². The largest absolute Gasteiger partial charge is 0.487 e. The van der Waals surface area contributed by atoms with Gasteiger partial charge in [-0.3, -0.25) is 9.48 Å². The zero-order valence-electron chi connectivity index (χ0n) is 24.2. The molecule has 0 atom stereocenters. The molecule has 2 heterocycles. The van der Waals surface area contributed by atoms with Gasteiger partial charge in [-0.15, -0.1) is 11.3 Å². The minimum atomic E-state index is -0.892. The number of thiazole rings is 1. The molecule has 212 valence electrons. The van der Waals surface area contributed by atoms with E-state index in [9.17, 15) is 9.90 Å². The van der Waals surface area contributed by atoms with Crippen molar-refractivity contribution in [1.29, 1.82) is 0 Å². The fraction of sp³-hybridized carbons (Fsp3) is 0.303. The van der Waals surface area contributed by atoms with Crippen molar-refractivity contribution in [3.05, 3.63) is 77.1 Å². The molecule has 5 aromatic rings. The molecule has 0 saturated heterocycles. The summed E-state index contributed by atoms with van der Waals surface area (Å²) in [4.78, 5) is 17.0. The summed E-state index contributed by atoms with van der Waals surface area (Å²) in [6.45, 7) is 13.1. The van der Waals surface area contributed by atoms with E-state index >= 15 is 0 Å². The quantitative estimate of drug-likeness (QED) is 0.196. The molecule has 0 saturated carbocycles. The summed E-state index contributed by atoms with van der Waals surface area (Å²) in [7, 11) is 0. The maximum atomic E-state index is 12.0. The van der Waals surface area contributed by atoms with Gasteiger partial charge in [0.05, 0.1) is 22.8 Å². The smallest absolute Gasteiger partial charge is 0.307 e. The lowest BCUT2D eigenvalue weighted by Gasteiger charge is -2.24. The van der Waals surface area contributed by atoms with Crippen molar-refractivity contribution in [2.24, 2.45) is 5.92 Å². The monoisotopic (exact) mass is 587 g/mol. The van der Waals surface area contributed by atoms with Gasteiger partial charge in [0.2, 0.25) is 0 Å². The predicted molar refractivity (Wildman–Crippen MR) is 168 cm³/mol. The van der Waals surface area contributed by atoms with Crippen LogP contribution in [0.5, 0.6) is 5.75 Å². The molecule has 5 rings (SSSR count). The van der Waals surface area contributed by atoms with Crippen LogP contribution in [0.3, 0.4) is 0 Å². The zero-order valence-corrected chi connectivity index (χ0v) is 25.7. The molecule has 0 spiro atoms. The molecular formula is C33H34ClN3O3S. The van der Waals surface area contributed by atoms with Crippen molar-refractivity contribution in [2.75, 3.05) is 0 Å². The standard InChI is InChI=1S/C33H34ClN3O3S/c1-19(2)17-37-18-23(16-35-37)21-8-7-9-22(13-21)32-36-27-12-20(3)26(15-29(38)39)30(31(27)41-32)25-11-10-24(34)14-28(25)40-33(4,5)6/h7-14,16,18-19H,15,17H2,1-6H3,(H,38,39). The molecule has 6 nitrogen and oxygen atoms in total. The van der Waals surface area contributed by atoms with Crippen LogP contribution in [0, 0.1) is 12.8 Å². The molecular weight excluding hydrogens is 554 g/mol. The lowest BCUT2D eigenvalue weighted by atomic mass is 9.92. The van der Waals surface area contributed by atoms with E-state index in [2.05, 4.69) is 43.3 Å². The van der Waals surface area contributed by atoms with E-state index in [0.29, 0.717) is 16.7 Å². The number of ether oxygens (including phenoxy) is 1. The number of hydrogen-bond donors (Lipinski definition) is 1. The molecule has 2 aromatic heterocycles. The van der Waals surface area contributed by atoms with Gasteiger partial charge < -0.3 is 9.84 Å². The first kappa shape index (κ1) is 28.8. The Kier molecular flexibility index (Phi) is 7.95. The molecule has 0 unspecified atom stereocenters. The SMILES string of the molecule is Cc1cc2nc(-c3cccc(-c4cnn(CC(C)C)c4)c3)sc2c(-c2ccc(Cl)cc2OC(C)(C)C)c1CC(=O)O. The highest BCUT2D eigenvalue weighted by atomic mass is 35.5. The Morgan fingerprint density at radius 3 is 2.56 bits per heavy atom. The second-order valence-electron chi connectivity index (χ2n) is 11.8. The fourth-order valence-corrected chi connectivity index (χ4v) is 6.25. The van der Waals surface area contributed by atoms with Crippen LogP contribution in [0.25, 0.3) is 43.0 Å². The first-order valence-electron chi connectivity index (χ1n) is 13.6. The zero-order chi connectivity index (χ0) is 29.5. The van der Waals surface area contributed by atoms with Crippen LogP contribution in [0.4, 0.5) is 0 Å². The summed E-state index contributed by atoms with van der Waals surface area (Å²) in [5.41, 5.74) is 6.70. The molecule has 0 aliphatic heterocycles. The van der Waals surface area contributed by atoms with Gasteiger partial charge in [0, 0.05) is 40.0 Å². The third-order valence-electron chi connectivity index (χ3n) is 6.60. The summed E-state index contributed by atoms with van der Waals surface area (Å²) in [6, 6.07) is 15.8. The first-order chi connectivity index (χ1) is 19.4. The minimum Gasteiger partial charge on any atom is -0.487 e. The van der Waals surface area contributed by atoms with E-state index in [1.165, 1.54) is 0 Å². The minimum absolute atomic E-state index is 0.113. The number of benzene rings is 3. The second kappa shape index (κ2) is 11.3. The third kappa shape index (κ3) is 6.47. The molecule has 8 heteroatoms. The first-order valence-corrected chi connectivity index (χ1v) is 14.8. The number of rotatable bonds is 8. The van der Waals surface area contributed by atoms with Crippen LogP contribution in [0.2, 0.25) is 5.02 Å². The number of fused-ring (bicyclic) bond motifs is 1. The highest BCUT2D eigenvalue weighted by Gasteiger charge is 2.24. The van der Waals surface area contributed by atoms with Crippen LogP contribution in [-0.4, -0.2) is 31.4 Å². The fourth-order valence-electron chi connectivity index (χ4n) is 4.96. The Bertz CT molecular complexity index is 1750. The Labute approximate surface area is 249 Å². The van der Waals surface area contributed by atoms with Gasteiger partial charge in [-0.05, 0) is 80.6 Å². The molecule has 0 aliphatic carbocycles. The number of aryl methyl sites for hydroxylation is 1. The average molecular weight is 588 g/mol. The summed E-state index contributed by atoms with van der Waals surface area (Å²) >= 11 is 7.95. The lowest BCUT2D eigenvalue weighted by molar-refractivity contribution is -0.136. The molecule has 0 fully saturated rings. The van der Waals surface area contributed by atoms with Gasteiger partial charge in [0.25, 0.3) is 0 Å².